The molecule has 0 radical (unpaired) electrons. The SMILES string of the molecule is Cn1c(CNC(=O)CN2c3cccc4cccc(c34)S2(=O)=O)nc2ccccc21. The van der Waals surface area contributed by atoms with Gasteiger partial charge in [0.1, 0.15) is 12.4 Å². The Morgan fingerprint density at radius 2 is 1.79 bits per heavy atom. The molecule has 0 atom stereocenters. The molecule has 0 bridgehead atoms. The molecule has 1 amide bonds. The molecule has 146 valence electrons. The molecule has 7 nitrogen and oxygen atoms in total. The number of rotatable bonds is 4. The molecule has 1 aliphatic rings. The van der Waals surface area contributed by atoms with E-state index in [-0.39, 0.29) is 23.9 Å². The highest BCUT2D eigenvalue weighted by Gasteiger charge is 2.36. The third kappa shape index (κ3) is 2.67. The number of benzene rings is 3. The lowest BCUT2D eigenvalue weighted by molar-refractivity contribution is -0.119. The molecular weight excluding hydrogens is 388 g/mol. The van der Waals surface area contributed by atoms with E-state index in [2.05, 4.69) is 10.3 Å². The van der Waals surface area contributed by atoms with Crippen LogP contribution in [0.3, 0.4) is 0 Å². The number of imidazole rings is 1. The van der Waals surface area contributed by atoms with E-state index in [9.17, 15) is 13.2 Å². The fourth-order valence-electron chi connectivity index (χ4n) is 3.85. The van der Waals surface area contributed by atoms with Gasteiger partial charge in [-0.25, -0.2) is 13.4 Å². The van der Waals surface area contributed by atoms with Crippen LogP contribution in [0.2, 0.25) is 0 Å². The van der Waals surface area contributed by atoms with E-state index in [1.165, 1.54) is 4.31 Å². The predicted molar refractivity (Wildman–Crippen MR) is 111 cm³/mol. The first-order valence-electron chi connectivity index (χ1n) is 9.18. The number of anilines is 1. The molecule has 0 unspecified atom stereocenters. The third-order valence-electron chi connectivity index (χ3n) is 5.29. The normalized spacial score (nSPS) is 14.6. The van der Waals surface area contributed by atoms with Gasteiger partial charge in [0.05, 0.1) is 28.2 Å². The van der Waals surface area contributed by atoms with Crippen molar-refractivity contribution in [2.24, 2.45) is 7.05 Å². The molecule has 3 aromatic carbocycles. The number of nitrogens with one attached hydrogen (secondary N) is 1. The van der Waals surface area contributed by atoms with Crippen LogP contribution in [-0.4, -0.2) is 30.4 Å². The Morgan fingerprint density at radius 3 is 2.59 bits per heavy atom. The van der Waals surface area contributed by atoms with Crippen LogP contribution in [0.1, 0.15) is 5.82 Å². The summed E-state index contributed by atoms with van der Waals surface area (Å²) >= 11 is 0. The van der Waals surface area contributed by atoms with Gasteiger partial charge in [-0.1, -0.05) is 36.4 Å². The zero-order valence-corrected chi connectivity index (χ0v) is 16.5. The number of para-hydroxylation sites is 2. The summed E-state index contributed by atoms with van der Waals surface area (Å²) in [5.41, 5.74) is 2.36. The van der Waals surface area contributed by atoms with Gasteiger partial charge in [0, 0.05) is 12.4 Å². The first-order valence-corrected chi connectivity index (χ1v) is 10.6. The fraction of sp³-hybridized carbons (Fsp3) is 0.143. The van der Waals surface area contributed by atoms with Gasteiger partial charge >= 0.3 is 0 Å². The van der Waals surface area contributed by atoms with Crippen molar-refractivity contribution in [3.63, 3.8) is 0 Å². The van der Waals surface area contributed by atoms with Crippen LogP contribution in [0.5, 0.6) is 0 Å². The van der Waals surface area contributed by atoms with E-state index in [4.69, 9.17) is 0 Å². The van der Waals surface area contributed by atoms with Crippen molar-refractivity contribution in [2.75, 3.05) is 10.8 Å². The monoisotopic (exact) mass is 406 g/mol. The highest BCUT2D eigenvalue weighted by Crippen LogP contribution is 2.41. The summed E-state index contributed by atoms with van der Waals surface area (Å²) < 4.78 is 29.0. The highest BCUT2D eigenvalue weighted by atomic mass is 32.2. The largest absolute Gasteiger partial charge is 0.347 e. The van der Waals surface area contributed by atoms with Crippen molar-refractivity contribution < 1.29 is 13.2 Å². The Morgan fingerprint density at radius 1 is 1.03 bits per heavy atom. The maximum atomic E-state index is 13.0. The van der Waals surface area contributed by atoms with Crippen molar-refractivity contribution in [2.45, 2.75) is 11.4 Å². The van der Waals surface area contributed by atoms with Crippen molar-refractivity contribution in [3.8, 4) is 0 Å². The summed E-state index contributed by atoms with van der Waals surface area (Å²) in [5, 5.41) is 4.30. The number of aryl methyl sites for hydroxylation is 1. The second kappa shape index (κ2) is 6.31. The number of hydrogen-bond acceptors (Lipinski definition) is 4. The Hall–Kier alpha value is -3.39. The van der Waals surface area contributed by atoms with Gasteiger partial charge in [-0.3, -0.25) is 9.10 Å². The fourth-order valence-corrected chi connectivity index (χ4v) is 5.51. The van der Waals surface area contributed by atoms with Crippen molar-refractivity contribution in [1.82, 2.24) is 14.9 Å². The minimum Gasteiger partial charge on any atom is -0.347 e. The minimum atomic E-state index is -3.75. The number of nitrogens with zero attached hydrogens (tertiary/aromatic N) is 3. The van der Waals surface area contributed by atoms with Crippen LogP contribution < -0.4 is 9.62 Å². The molecule has 1 aromatic heterocycles. The summed E-state index contributed by atoms with van der Waals surface area (Å²) in [4.78, 5) is 17.4. The summed E-state index contributed by atoms with van der Waals surface area (Å²) in [6, 6.07) is 18.3. The molecule has 8 heteroatoms. The average molecular weight is 406 g/mol. The van der Waals surface area contributed by atoms with E-state index < -0.39 is 10.0 Å². The molecule has 5 rings (SSSR count). The van der Waals surface area contributed by atoms with Crippen molar-refractivity contribution in [1.29, 1.82) is 0 Å². The van der Waals surface area contributed by atoms with Crippen LogP contribution in [-0.2, 0) is 28.4 Å². The van der Waals surface area contributed by atoms with Crippen LogP contribution in [0, 0.1) is 0 Å². The van der Waals surface area contributed by atoms with Gasteiger partial charge in [-0.05, 0) is 29.7 Å². The third-order valence-corrected chi connectivity index (χ3v) is 7.09. The average Bonchev–Trinajstić information content (AvgIpc) is 3.15. The van der Waals surface area contributed by atoms with Crippen LogP contribution in [0.25, 0.3) is 21.8 Å². The number of amides is 1. The highest BCUT2D eigenvalue weighted by molar-refractivity contribution is 7.93. The van der Waals surface area contributed by atoms with E-state index in [1.54, 1.807) is 24.3 Å². The zero-order valence-electron chi connectivity index (χ0n) is 15.7. The molecule has 0 fully saturated rings. The lowest BCUT2D eigenvalue weighted by atomic mass is 10.1. The van der Waals surface area contributed by atoms with E-state index >= 15 is 0 Å². The van der Waals surface area contributed by atoms with Crippen LogP contribution in [0.15, 0.2) is 65.6 Å². The summed E-state index contributed by atoms with van der Waals surface area (Å²) in [6.45, 7) is -0.0604. The van der Waals surface area contributed by atoms with Gasteiger partial charge in [0.15, 0.2) is 0 Å². The topological polar surface area (TPSA) is 84.3 Å². The first-order chi connectivity index (χ1) is 14.0. The molecule has 4 aromatic rings. The number of hydrogen-bond donors (Lipinski definition) is 1. The van der Waals surface area contributed by atoms with Crippen molar-refractivity contribution in [3.05, 3.63) is 66.5 Å². The Labute approximate surface area is 167 Å². The maximum absolute atomic E-state index is 13.0. The smallest absolute Gasteiger partial charge is 0.265 e. The standard InChI is InChI=1S/C21H18N4O3S/c1-24-16-9-3-2-8-15(16)23-19(24)12-22-20(26)13-25-17-10-4-6-14-7-5-11-18(21(14)17)29(25,27)28/h2-11H,12-13H2,1H3,(H,22,26). The van der Waals surface area contributed by atoms with E-state index in [0.717, 1.165) is 16.4 Å². The second-order valence-corrected chi connectivity index (χ2v) is 8.83. The van der Waals surface area contributed by atoms with E-state index in [0.29, 0.717) is 16.9 Å². The molecule has 2 heterocycles. The van der Waals surface area contributed by atoms with Crippen LogP contribution >= 0.6 is 0 Å². The summed E-state index contributed by atoms with van der Waals surface area (Å²) in [6.07, 6.45) is 0. The molecule has 0 saturated carbocycles. The molecule has 1 N–H and O–H groups in total. The predicted octanol–water partition coefficient (Wildman–Crippen LogP) is 2.55. The van der Waals surface area contributed by atoms with Gasteiger partial charge < -0.3 is 9.88 Å². The lowest BCUT2D eigenvalue weighted by Gasteiger charge is -2.18. The Bertz CT molecular complexity index is 1390. The second-order valence-electron chi connectivity index (χ2n) is 7.00. The van der Waals surface area contributed by atoms with Gasteiger partial charge in [-0.15, -0.1) is 0 Å². The van der Waals surface area contributed by atoms with E-state index in [1.807, 2.05) is 48.0 Å². The van der Waals surface area contributed by atoms with Gasteiger partial charge in [-0.2, -0.15) is 0 Å². The zero-order chi connectivity index (χ0) is 20.2. The molecule has 0 spiro atoms. The number of carbonyl (C=O) groups excluding carboxylic acids is 1. The number of fused-ring (bicyclic) bond motifs is 1. The first kappa shape index (κ1) is 17.7. The Kier molecular flexibility index (Phi) is 3.85. The Balaban J connectivity index is 1.39. The number of sulfonamides is 1. The van der Waals surface area contributed by atoms with Gasteiger partial charge in [0.2, 0.25) is 5.91 Å². The quantitative estimate of drug-likeness (QED) is 0.565. The van der Waals surface area contributed by atoms with Crippen LogP contribution in [0.4, 0.5) is 5.69 Å². The van der Waals surface area contributed by atoms with Gasteiger partial charge in [0.25, 0.3) is 10.0 Å². The number of carbonyl (C=O) groups is 1. The molecule has 0 aliphatic carbocycles. The summed E-state index contributed by atoms with van der Waals surface area (Å²) in [7, 11) is -1.87. The summed E-state index contributed by atoms with van der Waals surface area (Å²) in [5.74, 6) is 0.319. The maximum Gasteiger partial charge on any atom is 0.265 e. The minimum absolute atomic E-state index is 0.217. The molecular formula is C21H18N4O3S. The lowest BCUT2D eigenvalue weighted by Crippen LogP contribution is -2.39. The molecule has 29 heavy (non-hydrogen) atoms. The molecule has 1 aliphatic heterocycles. The van der Waals surface area contributed by atoms with Crippen molar-refractivity contribution >= 4 is 43.4 Å². The number of aromatic nitrogens is 2. The molecule has 0 saturated heterocycles.